The first-order chi connectivity index (χ1) is 4.91. The summed E-state index contributed by atoms with van der Waals surface area (Å²) in [5.74, 6) is 0. The molecule has 0 spiro atoms. The zero-order valence-electron chi connectivity index (χ0n) is 4.84. The quantitative estimate of drug-likeness (QED) is 0.743. The Morgan fingerprint density at radius 2 is 1.73 bits per heavy atom. The molecule has 0 aliphatic carbocycles. The molecule has 1 N–H and O–H groups in total. The number of hydrogen-bond acceptors (Lipinski definition) is 3. The Kier molecular flexibility index (Phi) is 4.17. The van der Waals surface area contributed by atoms with Gasteiger partial charge in [-0.1, -0.05) is 34.8 Å². The number of carbonyl (C=O) groups excluding carboxylic acids is 1. The van der Waals surface area contributed by atoms with E-state index in [1.54, 1.807) is 0 Å². The van der Waals surface area contributed by atoms with Crippen LogP contribution in [0.15, 0.2) is 8.86 Å². The summed E-state index contributed by atoms with van der Waals surface area (Å²) in [5, 5.41) is 0. The summed E-state index contributed by atoms with van der Waals surface area (Å²) in [7, 11) is -4.05. The van der Waals surface area contributed by atoms with Crippen molar-refractivity contribution in [2.45, 2.75) is 0 Å². The maximum absolute atomic E-state index is 10.7. The fourth-order valence-electron chi connectivity index (χ4n) is 0.217. The van der Waals surface area contributed by atoms with E-state index in [2.05, 4.69) is 0 Å². The minimum atomic E-state index is -4.05. The Balaban J connectivity index is 4.87. The lowest BCUT2D eigenvalue weighted by atomic mass is 11.2. The molecule has 0 aromatic rings. The molecule has 64 valence electrons. The molecule has 0 atom stereocenters. The second kappa shape index (κ2) is 4.15. The van der Waals surface area contributed by atoms with Crippen molar-refractivity contribution in [1.29, 1.82) is 0 Å². The van der Waals surface area contributed by atoms with Gasteiger partial charge < -0.3 is 0 Å². The second-order valence-corrected chi connectivity index (χ2v) is 4.48. The first-order valence-electron chi connectivity index (χ1n) is 2.08. The van der Waals surface area contributed by atoms with Crippen LogP contribution in [-0.2, 0) is 14.8 Å². The van der Waals surface area contributed by atoms with E-state index in [4.69, 9.17) is 34.8 Å². The van der Waals surface area contributed by atoms with Crippen molar-refractivity contribution in [2.24, 2.45) is 0 Å². The van der Waals surface area contributed by atoms with Crippen molar-refractivity contribution in [3.63, 3.8) is 0 Å². The molecule has 4 nitrogen and oxygen atoms in total. The molecule has 0 saturated heterocycles. The Morgan fingerprint density at radius 1 is 1.27 bits per heavy atom. The third-order valence-electron chi connectivity index (χ3n) is 0.588. The van der Waals surface area contributed by atoms with Crippen LogP contribution in [-0.4, -0.2) is 14.8 Å². The van der Waals surface area contributed by atoms with E-state index in [1.165, 1.54) is 4.72 Å². The number of amides is 1. The van der Waals surface area contributed by atoms with Crippen LogP contribution in [0.2, 0.25) is 0 Å². The monoisotopic (exact) mass is 237 g/mol. The molecule has 0 aromatic carbocycles. The van der Waals surface area contributed by atoms with Gasteiger partial charge >= 0.3 is 0 Å². The van der Waals surface area contributed by atoms with Crippen molar-refractivity contribution in [1.82, 2.24) is 4.72 Å². The molecule has 11 heavy (non-hydrogen) atoms. The minimum absolute atomic E-state index is 0.0472. The minimum Gasteiger partial charge on any atom is -0.278 e. The van der Waals surface area contributed by atoms with E-state index in [0.717, 1.165) is 0 Å². The van der Waals surface area contributed by atoms with Gasteiger partial charge in [0.2, 0.25) is 6.41 Å². The predicted molar refractivity (Wildman–Crippen MR) is 42.7 cm³/mol. The van der Waals surface area contributed by atoms with Gasteiger partial charge in [-0.25, -0.2) is 8.42 Å². The van der Waals surface area contributed by atoms with E-state index >= 15 is 0 Å². The summed E-state index contributed by atoms with van der Waals surface area (Å²) in [5.41, 5.74) is 0. The molecule has 0 radical (unpaired) electrons. The van der Waals surface area contributed by atoms with Gasteiger partial charge in [0.15, 0.2) is 4.36 Å². The topological polar surface area (TPSA) is 63.2 Å². The van der Waals surface area contributed by atoms with Crippen molar-refractivity contribution < 1.29 is 13.2 Å². The van der Waals surface area contributed by atoms with Crippen LogP contribution < -0.4 is 4.72 Å². The Labute approximate surface area is 78.2 Å². The number of halogens is 3. The SMILES string of the molecule is O=CNS(=O)(=O)C(Cl)=C(Cl)Cl. The Morgan fingerprint density at radius 3 is 2.00 bits per heavy atom. The van der Waals surface area contributed by atoms with Gasteiger partial charge in [0.05, 0.1) is 0 Å². The normalized spacial score (nSPS) is 10.5. The van der Waals surface area contributed by atoms with Gasteiger partial charge in [0.1, 0.15) is 4.49 Å². The van der Waals surface area contributed by atoms with Gasteiger partial charge in [-0.05, 0) is 0 Å². The van der Waals surface area contributed by atoms with E-state index in [9.17, 15) is 13.2 Å². The molecule has 0 saturated carbocycles. The average molecular weight is 238 g/mol. The molecule has 0 unspecified atom stereocenters. The van der Waals surface area contributed by atoms with Crippen LogP contribution in [0.3, 0.4) is 0 Å². The van der Waals surface area contributed by atoms with Gasteiger partial charge in [-0.15, -0.1) is 0 Å². The highest BCUT2D eigenvalue weighted by Gasteiger charge is 2.17. The summed E-state index contributed by atoms with van der Waals surface area (Å²) in [6.45, 7) is 0. The molecule has 0 fully saturated rings. The van der Waals surface area contributed by atoms with Crippen molar-refractivity contribution in [2.75, 3.05) is 0 Å². The fourth-order valence-corrected chi connectivity index (χ4v) is 1.39. The Bertz CT molecular complexity index is 278. The molecule has 0 heterocycles. The van der Waals surface area contributed by atoms with Gasteiger partial charge in [-0.2, -0.15) is 0 Å². The smallest absolute Gasteiger partial charge is 0.277 e. The number of sulfonamides is 1. The molecule has 0 aliphatic heterocycles. The van der Waals surface area contributed by atoms with Crippen LogP contribution >= 0.6 is 34.8 Å². The van der Waals surface area contributed by atoms with E-state index in [0.29, 0.717) is 0 Å². The lowest BCUT2D eigenvalue weighted by molar-refractivity contribution is -0.108. The summed E-state index contributed by atoms with van der Waals surface area (Å²) in [4.78, 5) is 9.69. The largest absolute Gasteiger partial charge is 0.278 e. The van der Waals surface area contributed by atoms with Crippen LogP contribution in [0.1, 0.15) is 0 Å². The second-order valence-electron chi connectivity index (χ2n) is 1.27. The molecular weight excluding hydrogens is 236 g/mol. The third-order valence-corrected chi connectivity index (χ3v) is 3.26. The lowest BCUT2D eigenvalue weighted by Crippen LogP contribution is -2.21. The standard InChI is InChI=1S/C3H2Cl3NO3S/c4-2(5)3(6)11(9,10)7-1-8/h1H,(H,7,8). The van der Waals surface area contributed by atoms with Crippen LogP contribution in [0.5, 0.6) is 0 Å². The molecule has 0 aliphatic rings. The predicted octanol–water partition coefficient (Wildman–Crippen LogP) is 0.905. The van der Waals surface area contributed by atoms with Crippen molar-refractivity contribution in [3.8, 4) is 0 Å². The molecule has 0 aromatic heterocycles. The van der Waals surface area contributed by atoms with Crippen LogP contribution in [0.4, 0.5) is 0 Å². The number of nitrogens with one attached hydrogen (secondary N) is 1. The van der Waals surface area contributed by atoms with Crippen molar-refractivity contribution >= 4 is 51.2 Å². The van der Waals surface area contributed by atoms with Crippen molar-refractivity contribution in [3.05, 3.63) is 8.86 Å². The summed E-state index contributed by atoms with van der Waals surface area (Å²) in [6.07, 6.45) is -0.0472. The maximum Gasteiger partial charge on any atom is 0.277 e. The van der Waals surface area contributed by atoms with Gasteiger partial charge in [0, 0.05) is 0 Å². The number of carbonyl (C=O) groups is 1. The van der Waals surface area contributed by atoms with E-state index < -0.39 is 18.9 Å². The fraction of sp³-hybridized carbons (Fsp3) is 0. The lowest BCUT2D eigenvalue weighted by Gasteiger charge is -1.98. The highest BCUT2D eigenvalue weighted by molar-refractivity contribution is 7.95. The molecule has 1 amide bonds. The van der Waals surface area contributed by atoms with Gasteiger partial charge in [-0.3, -0.25) is 9.52 Å². The zero-order valence-corrected chi connectivity index (χ0v) is 7.93. The molecule has 0 rings (SSSR count). The van der Waals surface area contributed by atoms with E-state index in [-0.39, 0.29) is 6.41 Å². The zero-order chi connectivity index (χ0) is 9.07. The highest BCUT2D eigenvalue weighted by atomic mass is 35.5. The Hall–Kier alpha value is 0.0300. The molecule has 0 bridgehead atoms. The summed E-state index contributed by atoms with van der Waals surface area (Å²) in [6, 6.07) is 0. The van der Waals surface area contributed by atoms with E-state index in [1.807, 2.05) is 0 Å². The molecule has 8 heteroatoms. The third kappa shape index (κ3) is 3.29. The summed E-state index contributed by atoms with van der Waals surface area (Å²) < 4.78 is 21.3. The van der Waals surface area contributed by atoms with Crippen LogP contribution in [0, 0.1) is 0 Å². The first-order valence-corrected chi connectivity index (χ1v) is 4.70. The first kappa shape index (κ1) is 11.0. The van der Waals surface area contributed by atoms with Crippen LogP contribution in [0.25, 0.3) is 0 Å². The van der Waals surface area contributed by atoms with Gasteiger partial charge in [0.25, 0.3) is 10.0 Å². The molecular formula is C3H2Cl3NO3S. The average Bonchev–Trinajstić information content (AvgIpc) is 1.86. The highest BCUT2D eigenvalue weighted by Crippen LogP contribution is 2.21. The number of rotatable bonds is 3. The maximum atomic E-state index is 10.7. The summed E-state index contributed by atoms with van der Waals surface area (Å²) >= 11 is 15.1. The number of hydrogen-bond donors (Lipinski definition) is 1.